The van der Waals surface area contributed by atoms with Crippen LogP contribution in [-0.2, 0) is 14.9 Å². The minimum absolute atomic E-state index is 0.0558. The molecule has 0 aliphatic rings. The van der Waals surface area contributed by atoms with Crippen molar-refractivity contribution in [3.63, 3.8) is 0 Å². The van der Waals surface area contributed by atoms with Crippen LogP contribution in [0.15, 0.2) is 6.20 Å². The Kier molecular flexibility index (Phi) is 3.52. The van der Waals surface area contributed by atoms with Crippen LogP contribution in [0.3, 0.4) is 0 Å². The van der Waals surface area contributed by atoms with E-state index < -0.39 is 16.3 Å². The van der Waals surface area contributed by atoms with Crippen LogP contribution < -0.4 is 15.2 Å². The van der Waals surface area contributed by atoms with E-state index in [-0.39, 0.29) is 17.2 Å². The SMILES string of the molecule is COC(=O)NS(=O)(=O)Nc1[nH]ncc1C(=N)N. The standard InChI is InChI=1S/C6H10N6O4S/c1-16-6(13)12-17(14,15)11-5-3(4(7)8)2-9-10-5/h2H,1H3,(H3,7,8)(H,12,13)(H2,9,10,11). The lowest BCUT2D eigenvalue weighted by molar-refractivity contribution is 0.177. The number of anilines is 1. The van der Waals surface area contributed by atoms with Gasteiger partial charge in [-0.05, 0) is 0 Å². The van der Waals surface area contributed by atoms with Crippen LogP contribution in [-0.4, -0.2) is 37.7 Å². The van der Waals surface area contributed by atoms with E-state index in [1.54, 1.807) is 4.72 Å². The fraction of sp³-hybridized carbons (Fsp3) is 0.167. The quantitative estimate of drug-likeness (QED) is 0.334. The topological polar surface area (TPSA) is 163 Å². The summed E-state index contributed by atoms with van der Waals surface area (Å²) < 4.78 is 30.3. The van der Waals surface area contributed by atoms with E-state index in [2.05, 4.69) is 14.9 Å². The van der Waals surface area contributed by atoms with Crippen molar-refractivity contribution >= 4 is 28.0 Å². The summed E-state index contributed by atoms with van der Waals surface area (Å²) in [6, 6.07) is 0. The van der Waals surface area contributed by atoms with E-state index in [1.165, 1.54) is 6.20 Å². The van der Waals surface area contributed by atoms with Gasteiger partial charge in [-0.1, -0.05) is 0 Å². The van der Waals surface area contributed by atoms with Gasteiger partial charge >= 0.3 is 16.3 Å². The van der Waals surface area contributed by atoms with E-state index in [0.717, 1.165) is 7.11 Å². The molecule has 1 aromatic rings. The number of amidine groups is 1. The summed E-state index contributed by atoms with van der Waals surface area (Å²) in [5, 5.41) is 12.9. The Hall–Kier alpha value is -2.30. The van der Waals surface area contributed by atoms with Crippen LogP contribution >= 0.6 is 0 Å². The number of nitrogens with one attached hydrogen (secondary N) is 4. The Morgan fingerprint density at radius 3 is 2.82 bits per heavy atom. The highest BCUT2D eigenvalue weighted by Crippen LogP contribution is 2.10. The van der Waals surface area contributed by atoms with E-state index in [1.807, 2.05) is 4.72 Å². The lowest BCUT2D eigenvalue weighted by Crippen LogP contribution is -2.35. The number of carbonyl (C=O) groups is 1. The molecular formula is C6H10N6O4S. The Labute approximate surface area is 96.2 Å². The van der Waals surface area contributed by atoms with Crippen molar-refractivity contribution in [2.45, 2.75) is 0 Å². The molecule has 6 N–H and O–H groups in total. The second-order valence-electron chi connectivity index (χ2n) is 2.77. The van der Waals surface area contributed by atoms with Crippen molar-refractivity contribution in [2.24, 2.45) is 5.73 Å². The van der Waals surface area contributed by atoms with Gasteiger partial charge in [-0.3, -0.25) is 10.5 Å². The van der Waals surface area contributed by atoms with Gasteiger partial charge in [0.1, 0.15) is 11.7 Å². The number of nitrogens with zero attached hydrogens (tertiary/aromatic N) is 1. The molecule has 94 valence electrons. The van der Waals surface area contributed by atoms with E-state index >= 15 is 0 Å². The molecule has 0 spiro atoms. The number of amides is 1. The summed E-state index contributed by atoms with van der Waals surface area (Å²) in [6.45, 7) is 0. The molecule has 0 fully saturated rings. The first kappa shape index (κ1) is 12.8. The number of hydrogen-bond acceptors (Lipinski definition) is 6. The Morgan fingerprint density at radius 2 is 2.29 bits per heavy atom. The molecule has 1 heterocycles. The summed E-state index contributed by atoms with van der Waals surface area (Å²) >= 11 is 0. The minimum Gasteiger partial charge on any atom is -0.452 e. The maximum Gasteiger partial charge on any atom is 0.422 e. The highest BCUT2D eigenvalue weighted by atomic mass is 32.2. The fourth-order valence-corrected chi connectivity index (χ4v) is 1.66. The maximum atomic E-state index is 11.4. The zero-order valence-corrected chi connectivity index (χ0v) is 9.46. The molecule has 0 unspecified atom stereocenters. The van der Waals surface area contributed by atoms with Crippen molar-refractivity contribution < 1.29 is 17.9 Å². The zero-order chi connectivity index (χ0) is 13.1. The molecule has 1 amide bonds. The van der Waals surface area contributed by atoms with Crippen molar-refractivity contribution in [1.29, 1.82) is 5.41 Å². The highest BCUT2D eigenvalue weighted by Gasteiger charge is 2.18. The van der Waals surface area contributed by atoms with Gasteiger partial charge in [0, 0.05) is 0 Å². The lowest BCUT2D eigenvalue weighted by atomic mass is 10.3. The number of aromatic nitrogens is 2. The zero-order valence-electron chi connectivity index (χ0n) is 8.64. The normalized spacial score (nSPS) is 10.6. The maximum absolute atomic E-state index is 11.4. The summed E-state index contributed by atoms with van der Waals surface area (Å²) in [5.41, 5.74) is 5.24. The number of H-pyrrole nitrogens is 1. The summed E-state index contributed by atoms with van der Waals surface area (Å²) in [6.07, 6.45) is 0.0135. The third kappa shape index (κ3) is 3.34. The van der Waals surface area contributed by atoms with Crippen molar-refractivity contribution in [1.82, 2.24) is 14.9 Å². The highest BCUT2D eigenvalue weighted by molar-refractivity contribution is 7.91. The number of nitrogen functional groups attached to an aromatic ring is 1. The van der Waals surface area contributed by atoms with Crippen molar-refractivity contribution in [3.8, 4) is 0 Å². The van der Waals surface area contributed by atoms with Crippen LogP contribution in [0.4, 0.5) is 10.6 Å². The molecule has 0 bridgehead atoms. The molecule has 0 aliphatic heterocycles. The first-order valence-corrected chi connectivity index (χ1v) is 5.60. The van der Waals surface area contributed by atoms with Gasteiger partial charge in [0.25, 0.3) is 0 Å². The lowest BCUT2D eigenvalue weighted by Gasteiger charge is -2.07. The van der Waals surface area contributed by atoms with Gasteiger partial charge in [0.2, 0.25) is 0 Å². The van der Waals surface area contributed by atoms with Gasteiger partial charge in [-0.15, -0.1) is 0 Å². The van der Waals surface area contributed by atoms with Gasteiger partial charge in [0.05, 0.1) is 18.9 Å². The number of methoxy groups -OCH3 is 1. The minimum atomic E-state index is -4.17. The van der Waals surface area contributed by atoms with E-state index in [0.29, 0.717) is 0 Å². The van der Waals surface area contributed by atoms with Gasteiger partial charge in [-0.25, -0.2) is 14.2 Å². The second kappa shape index (κ2) is 4.69. The molecule has 0 saturated heterocycles. The van der Waals surface area contributed by atoms with Gasteiger partial charge in [-0.2, -0.15) is 13.5 Å². The molecule has 0 aliphatic carbocycles. The van der Waals surface area contributed by atoms with Gasteiger partial charge < -0.3 is 10.5 Å². The molecule has 0 saturated carbocycles. The predicted molar refractivity (Wildman–Crippen MR) is 57.7 cm³/mol. The second-order valence-corrected chi connectivity index (χ2v) is 4.19. The van der Waals surface area contributed by atoms with Crippen LogP contribution in [0.25, 0.3) is 0 Å². The number of nitrogens with two attached hydrogens (primary N) is 1. The van der Waals surface area contributed by atoms with Crippen LogP contribution in [0.1, 0.15) is 5.56 Å². The van der Waals surface area contributed by atoms with Crippen molar-refractivity contribution in [2.75, 3.05) is 11.8 Å². The molecule has 0 radical (unpaired) electrons. The van der Waals surface area contributed by atoms with E-state index in [9.17, 15) is 13.2 Å². The number of hydrogen-bond donors (Lipinski definition) is 5. The summed E-state index contributed by atoms with van der Waals surface area (Å²) in [7, 11) is -3.15. The van der Waals surface area contributed by atoms with E-state index in [4.69, 9.17) is 11.1 Å². The fourth-order valence-electron chi connectivity index (χ4n) is 0.879. The first-order chi connectivity index (χ1) is 7.85. The third-order valence-electron chi connectivity index (χ3n) is 1.57. The Bertz CT molecular complexity index is 534. The van der Waals surface area contributed by atoms with Crippen LogP contribution in [0.5, 0.6) is 0 Å². The average Bonchev–Trinajstić information content (AvgIpc) is 2.64. The molecule has 0 atom stereocenters. The number of aromatic amines is 1. The number of rotatable bonds is 4. The molecular weight excluding hydrogens is 252 g/mol. The summed E-state index contributed by atoms with van der Waals surface area (Å²) in [5.74, 6) is -0.511. The largest absolute Gasteiger partial charge is 0.452 e. The molecule has 0 aromatic carbocycles. The van der Waals surface area contributed by atoms with Crippen LogP contribution in [0.2, 0.25) is 0 Å². The molecule has 1 rings (SSSR count). The van der Waals surface area contributed by atoms with Crippen LogP contribution in [0, 0.1) is 5.41 Å². The number of carbonyl (C=O) groups excluding carboxylic acids is 1. The monoisotopic (exact) mass is 262 g/mol. The average molecular weight is 262 g/mol. The molecule has 1 aromatic heterocycles. The molecule has 10 nitrogen and oxygen atoms in total. The molecule has 11 heteroatoms. The third-order valence-corrected chi connectivity index (χ3v) is 2.48. The first-order valence-electron chi connectivity index (χ1n) is 4.12. The smallest absolute Gasteiger partial charge is 0.422 e. The van der Waals surface area contributed by atoms with Crippen molar-refractivity contribution in [3.05, 3.63) is 11.8 Å². The molecule has 17 heavy (non-hydrogen) atoms. The Balaban J connectivity index is 2.87. The number of ether oxygens (including phenoxy) is 1. The predicted octanol–water partition coefficient (Wildman–Crippen LogP) is -1.29. The Morgan fingerprint density at radius 1 is 1.65 bits per heavy atom. The summed E-state index contributed by atoms with van der Waals surface area (Å²) in [4.78, 5) is 10.7. The van der Waals surface area contributed by atoms with Gasteiger partial charge in [0.15, 0.2) is 0 Å².